The molecule has 0 spiro atoms. The van der Waals surface area contributed by atoms with Crippen LogP contribution in [0.4, 0.5) is 18.9 Å². The van der Waals surface area contributed by atoms with E-state index in [0.29, 0.717) is 6.42 Å². The topological polar surface area (TPSA) is 55.4 Å². The maximum absolute atomic E-state index is 12.9. The van der Waals surface area contributed by atoms with Crippen molar-refractivity contribution < 1.29 is 27.5 Å². The molecule has 0 fully saturated rings. The van der Waals surface area contributed by atoms with E-state index >= 15 is 0 Å². The zero-order chi connectivity index (χ0) is 19.2. The molecule has 0 radical (unpaired) electrons. The molecular formula is C19H18F3NO3. The van der Waals surface area contributed by atoms with Gasteiger partial charge in [-0.2, -0.15) is 13.2 Å². The number of carbonyl (C=O) groups excluding carboxylic acids is 2. The molecule has 1 unspecified atom stereocenters. The third-order valence-corrected chi connectivity index (χ3v) is 3.75. The van der Waals surface area contributed by atoms with Crippen molar-refractivity contribution in [3.63, 3.8) is 0 Å². The second-order valence-corrected chi connectivity index (χ2v) is 5.57. The standard InChI is InChI=1S/C19H18F3NO3/c1-2-14(13-8-4-3-5-9-13)18(25)26-12-17(24)23-16-11-7-6-10-15(16)19(20,21)22/h3-11,14H,2,12H2,1H3,(H,23,24). The molecule has 0 aliphatic heterocycles. The second-order valence-electron chi connectivity index (χ2n) is 5.57. The molecule has 0 heterocycles. The number of ether oxygens (including phenoxy) is 1. The Labute approximate surface area is 149 Å². The van der Waals surface area contributed by atoms with Crippen LogP contribution in [0.1, 0.15) is 30.4 Å². The highest BCUT2D eigenvalue weighted by Gasteiger charge is 2.33. The number of halogens is 3. The van der Waals surface area contributed by atoms with Crippen molar-refractivity contribution in [3.8, 4) is 0 Å². The molecule has 0 saturated heterocycles. The Morgan fingerprint density at radius 3 is 2.27 bits per heavy atom. The van der Waals surface area contributed by atoms with E-state index in [2.05, 4.69) is 5.32 Å². The van der Waals surface area contributed by atoms with E-state index in [-0.39, 0.29) is 5.69 Å². The molecule has 0 aliphatic carbocycles. The largest absolute Gasteiger partial charge is 0.455 e. The maximum Gasteiger partial charge on any atom is 0.418 e. The van der Waals surface area contributed by atoms with Crippen LogP contribution in [0.2, 0.25) is 0 Å². The first kappa shape index (κ1) is 19.5. The quantitative estimate of drug-likeness (QED) is 0.773. The third kappa shape index (κ3) is 5.08. The lowest BCUT2D eigenvalue weighted by atomic mass is 9.97. The fourth-order valence-corrected chi connectivity index (χ4v) is 2.49. The van der Waals surface area contributed by atoms with Crippen LogP contribution in [0.25, 0.3) is 0 Å². The van der Waals surface area contributed by atoms with Crippen LogP contribution in [-0.4, -0.2) is 18.5 Å². The molecule has 0 aromatic heterocycles. The fourth-order valence-electron chi connectivity index (χ4n) is 2.49. The van der Waals surface area contributed by atoms with Crippen LogP contribution < -0.4 is 5.32 Å². The van der Waals surface area contributed by atoms with Crippen molar-refractivity contribution in [2.75, 3.05) is 11.9 Å². The highest BCUT2D eigenvalue weighted by molar-refractivity contribution is 5.94. The minimum atomic E-state index is -4.60. The summed E-state index contributed by atoms with van der Waals surface area (Å²) in [6, 6.07) is 13.5. The van der Waals surface area contributed by atoms with E-state index in [4.69, 9.17) is 4.74 Å². The number of anilines is 1. The van der Waals surface area contributed by atoms with Gasteiger partial charge in [-0.25, -0.2) is 0 Å². The summed E-state index contributed by atoms with van der Waals surface area (Å²) in [5.41, 5.74) is -0.589. The van der Waals surface area contributed by atoms with Gasteiger partial charge in [-0.1, -0.05) is 49.4 Å². The number of hydrogen-bond donors (Lipinski definition) is 1. The Balaban J connectivity index is 1.98. The van der Waals surface area contributed by atoms with Crippen LogP contribution in [0, 0.1) is 0 Å². The maximum atomic E-state index is 12.9. The van der Waals surface area contributed by atoms with E-state index in [9.17, 15) is 22.8 Å². The summed E-state index contributed by atoms with van der Waals surface area (Å²) < 4.78 is 43.7. The lowest BCUT2D eigenvalue weighted by molar-refractivity contribution is -0.149. The van der Waals surface area contributed by atoms with Crippen LogP contribution in [0.5, 0.6) is 0 Å². The van der Waals surface area contributed by atoms with Gasteiger partial charge in [0.15, 0.2) is 6.61 Å². The minimum absolute atomic E-state index is 0.379. The smallest absolute Gasteiger partial charge is 0.418 e. The molecule has 2 aromatic carbocycles. The number of esters is 1. The summed E-state index contributed by atoms with van der Waals surface area (Å²) >= 11 is 0. The Hall–Kier alpha value is -2.83. The van der Waals surface area contributed by atoms with Crippen molar-refractivity contribution in [1.29, 1.82) is 0 Å². The first-order valence-corrected chi connectivity index (χ1v) is 8.00. The first-order chi connectivity index (χ1) is 12.3. The van der Waals surface area contributed by atoms with Gasteiger partial charge in [0.05, 0.1) is 17.2 Å². The Morgan fingerprint density at radius 1 is 1.04 bits per heavy atom. The summed E-state index contributed by atoms with van der Waals surface area (Å²) in [4.78, 5) is 24.1. The zero-order valence-electron chi connectivity index (χ0n) is 14.0. The van der Waals surface area contributed by atoms with Gasteiger partial charge in [-0.3, -0.25) is 9.59 Å². The summed E-state index contributed by atoms with van der Waals surface area (Å²) in [6.07, 6.45) is -4.12. The van der Waals surface area contributed by atoms with Gasteiger partial charge < -0.3 is 10.1 Å². The molecule has 138 valence electrons. The molecular weight excluding hydrogens is 347 g/mol. The Morgan fingerprint density at radius 2 is 1.65 bits per heavy atom. The van der Waals surface area contributed by atoms with Crippen LogP contribution in [0.15, 0.2) is 54.6 Å². The normalized spacial score (nSPS) is 12.3. The molecule has 4 nitrogen and oxygen atoms in total. The number of nitrogens with one attached hydrogen (secondary N) is 1. The van der Waals surface area contributed by atoms with E-state index < -0.39 is 36.1 Å². The van der Waals surface area contributed by atoms with Crippen molar-refractivity contribution in [1.82, 2.24) is 0 Å². The van der Waals surface area contributed by atoms with E-state index in [1.54, 1.807) is 31.2 Å². The second kappa shape index (κ2) is 8.51. The minimum Gasteiger partial charge on any atom is -0.455 e. The van der Waals surface area contributed by atoms with Gasteiger partial charge in [-0.15, -0.1) is 0 Å². The predicted octanol–water partition coefficient (Wildman–Crippen LogP) is 4.38. The Bertz CT molecular complexity index is 760. The van der Waals surface area contributed by atoms with Gasteiger partial charge in [0, 0.05) is 0 Å². The molecule has 1 amide bonds. The summed E-state index contributed by atoms with van der Waals surface area (Å²) in [7, 11) is 0. The first-order valence-electron chi connectivity index (χ1n) is 8.00. The van der Waals surface area contributed by atoms with Gasteiger partial charge in [0.25, 0.3) is 5.91 Å². The number of benzene rings is 2. The molecule has 2 rings (SSSR count). The monoisotopic (exact) mass is 365 g/mol. The lowest BCUT2D eigenvalue weighted by Gasteiger charge is -2.16. The number of rotatable bonds is 6. The van der Waals surface area contributed by atoms with Crippen molar-refractivity contribution in [3.05, 3.63) is 65.7 Å². The molecule has 0 saturated carbocycles. The number of alkyl halides is 3. The zero-order valence-corrected chi connectivity index (χ0v) is 14.0. The average molecular weight is 365 g/mol. The van der Waals surface area contributed by atoms with Gasteiger partial charge in [-0.05, 0) is 24.1 Å². The molecule has 0 bridgehead atoms. The highest BCUT2D eigenvalue weighted by atomic mass is 19.4. The molecule has 0 aliphatic rings. The lowest BCUT2D eigenvalue weighted by Crippen LogP contribution is -2.25. The molecule has 26 heavy (non-hydrogen) atoms. The van der Waals surface area contributed by atoms with Crippen molar-refractivity contribution >= 4 is 17.6 Å². The number of hydrogen-bond acceptors (Lipinski definition) is 3. The molecule has 1 atom stereocenters. The summed E-state index contributed by atoms with van der Waals surface area (Å²) in [5.74, 6) is -1.97. The van der Waals surface area contributed by atoms with Crippen molar-refractivity contribution in [2.45, 2.75) is 25.4 Å². The fraction of sp³-hybridized carbons (Fsp3) is 0.263. The van der Waals surface area contributed by atoms with Gasteiger partial charge >= 0.3 is 12.1 Å². The van der Waals surface area contributed by atoms with Gasteiger partial charge in [0.2, 0.25) is 0 Å². The summed E-state index contributed by atoms with van der Waals surface area (Å²) in [6.45, 7) is 1.15. The van der Waals surface area contributed by atoms with Crippen LogP contribution in [0.3, 0.4) is 0 Å². The Kier molecular flexibility index (Phi) is 6.38. The SMILES string of the molecule is CCC(C(=O)OCC(=O)Nc1ccccc1C(F)(F)F)c1ccccc1. The molecule has 1 N–H and O–H groups in total. The van der Waals surface area contributed by atoms with Gasteiger partial charge in [0.1, 0.15) is 0 Å². The molecule has 7 heteroatoms. The summed E-state index contributed by atoms with van der Waals surface area (Å²) in [5, 5.41) is 2.13. The van der Waals surface area contributed by atoms with E-state index in [0.717, 1.165) is 17.7 Å². The van der Waals surface area contributed by atoms with Crippen LogP contribution >= 0.6 is 0 Å². The number of carbonyl (C=O) groups is 2. The van der Waals surface area contributed by atoms with Crippen molar-refractivity contribution in [2.24, 2.45) is 0 Å². The highest BCUT2D eigenvalue weighted by Crippen LogP contribution is 2.34. The average Bonchev–Trinajstić information content (AvgIpc) is 2.61. The van der Waals surface area contributed by atoms with E-state index in [1.165, 1.54) is 12.1 Å². The van der Waals surface area contributed by atoms with Crippen LogP contribution in [-0.2, 0) is 20.5 Å². The molecule has 2 aromatic rings. The number of amides is 1. The number of para-hydroxylation sites is 1. The van der Waals surface area contributed by atoms with E-state index in [1.807, 2.05) is 6.07 Å². The predicted molar refractivity (Wildman–Crippen MR) is 90.5 cm³/mol. The third-order valence-electron chi connectivity index (χ3n) is 3.75.